The minimum atomic E-state index is -1.23. The number of phenols is 1. The van der Waals surface area contributed by atoms with Gasteiger partial charge in [0.25, 0.3) is 0 Å². The highest BCUT2D eigenvalue weighted by Crippen LogP contribution is 2.64. The second kappa shape index (κ2) is 11.9. The summed E-state index contributed by atoms with van der Waals surface area (Å²) in [6.45, 7) is 5.66. The molecule has 2 aliphatic heterocycles. The molecule has 0 bridgehead atoms. The quantitative estimate of drug-likeness (QED) is 0.145. The molecule has 4 amide bonds. The van der Waals surface area contributed by atoms with Crippen molar-refractivity contribution in [2.45, 2.75) is 39.5 Å². The van der Waals surface area contributed by atoms with Crippen LogP contribution in [0.3, 0.4) is 0 Å². The van der Waals surface area contributed by atoms with Crippen molar-refractivity contribution in [3.8, 4) is 16.3 Å². The molecule has 0 spiro atoms. The molecule has 4 heterocycles. The molecule has 6 unspecified atom stereocenters. The van der Waals surface area contributed by atoms with E-state index in [-0.39, 0.29) is 35.8 Å². The van der Waals surface area contributed by atoms with Gasteiger partial charge in [-0.25, -0.2) is 4.90 Å². The van der Waals surface area contributed by atoms with Crippen LogP contribution in [-0.2, 0) is 26.2 Å². The molecule has 9 nitrogen and oxygen atoms in total. The molecule has 53 heavy (non-hydrogen) atoms. The fourth-order valence-electron chi connectivity index (χ4n) is 9.53. The first-order valence-corrected chi connectivity index (χ1v) is 19.1. The number of aromatic nitrogens is 2. The number of nitrogens with zero attached hydrogens (tertiary/aromatic N) is 4. The standard InChI is InChI=1S/C41H34Cl2N4O5S/c1-19-15-21(5-13-31(19)48)35-25-11-12-26-34(39(51)46(37(26)49)24-9-6-22(42)7-10-24)28(25)17-29-38(50)47(40(52)41(29,35)3)33-18-30(44-45(33)4)36-20(2)27-16-23(43)8-14-32(27)53-36/h5-11,13-16,18,26,28-29,34-35,48H,12,17H2,1-4H3. The van der Waals surface area contributed by atoms with E-state index >= 15 is 4.79 Å². The maximum absolute atomic E-state index is 15.1. The molecular formula is C41H34Cl2N4O5S. The van der Waals surface area contributed by atoms with Gasteiger partial charge in [0.15, 0.2) is 0 Å². The van der Waals surface area contributed by atoms with Gasteiger partial charge in [-0.2, -0.15) is 5.10 Å². The highest BCUT2D eigenvalue weighted by atomic mass is 35.5. The number of carbonyl (C=O) groups excluding carboxylic acids is 4. The van der Waals surface area contributed by atoms with E-state index in [0.29, 0.717) is 39.2 Å². The van der Waals surface area contributed by atoms with E-state index in [9.17, 15) is 19.5 Å². The second-order valence-corrected chi connectivity index (χ2v) is 16.8. The lowest BCUT2D eigenvalue weighted by Crippen LogP contribution is -2.49. The van der Waals surface area contributed by atoms with Crippen molar-refractivity contribution >= 4 is 79.8 Å². The molecule has 1 N–H and O–H groups in total. The number of rotatable bonds is 4. The van der Waals surface area contributed by atoms with Crippen LogP contribution in [0.4, 0.5) is 11.5 Å². The number of halogens is 2. The number of thiophene rings is 1. The maximum Gasteiger partial charge on any atom is 0.242 e. The Labute approximate surface area is 319 Å². The molecule has 2 saturated heterocycles. The maximum atomic E-state index is 15.1. The third-order valence-corrected chi connectivity index (χ3v) is 13.9. The number of fused-ring (bicyclic) bond motifs is 5. The summed E-state index contributed by atoms with van der Waals surface area (Å²) >= 11 is 14.0. The number of hydrogen-bond donors (Lipinski definition) is 1. The number of anilines is 2. The number of carbonyl (C=O) groups is 4. The highest BCUT2D eigenvalue weighted by Gasteiger charge is 2.68. The third kappa shape index (κ3) is 4.78. The zero-order valence-electron chi connectivity index (χ0n) is 29.3. The zero-order valence-corrected chi connectivity index (χ0v) is 31.6. The highest BCUT2D eigenvalue weighted by molar-refractivity contribution is 7.22. The average Bonchev–Trinajstić information content (AvgIpc) is 3.80. The Kier molecular flexibility index (Phi) is 7.62. The first-order valence-electron chi connectivity index (χ1n) is 17.5. The summed E-state index contributed by atoms with van der Waals surface area (Å²) in [4.78, 5) is 61.6. The van der Waals surface area contributed by atoms with E-state index in [1.807, 2.05) is 44.2 Å². The largest absolute Gasteiger partial charge is 0.508 e. The molecule has 0 radical (unpaired) electrons. The first-order chi connectivity index (χ1) is 25.3. The normalized spacial score (nSPS) is 26.7. The van der Waals surface area contributed by atoms with E-state index in [4.69, 9.17) is 28.3 Å². The molecular weight excluding hydrogens is 731 g/mol. The fourth-order valence-corrected chi connectivity index (χ4v) is 11.0. The van der Waals surface area contributed by atoms with Gasteiger partial charge in [-0.1, -0.05) is 47.0 Å². The van der Waals surface area contributed by atoms with Gasteiger partial charge in [-0.05, 0) is 110 Å². The Balaban J connectivity index is 1.15. The van der Waals surface area contributed by atoms with Crippen LogP contribution in [0.25, 0.3) is 20.7 Å². The Bertz CT molecular complexity index is 2490. The van der Waals surface area contributed by atoms with Gasteiger partial charge in [0.05, 0.1) is 33.7 Å². The predicted molar refractivity (Wildman–Crippen MR) is 205 cm³/mol. The van der Waals surface area contributed by atoms with E-state index in [1.54, 1.807) is 72.5 Å². The van der Waals surface area contributed by atoms with Gasteiger partial charge < -0.3 is 5.11 Å². The van der Waals surface area contributed by atoms with Gasteiger partial charge in [-0.3, -0.25) is 28.8 Å². The molecule has 12 heteroatoms. The summed E-state index contributed by atoms with van der Waals surface area (Å²) in [5.41, 5.74) is 3.14. The van der Waals surface area contributed by atoms with Crippen LogP contribution < -0.4 is 9.80 Å². The summed E-state index contributed by atoms with van der Waals surface area (Å²) in [7, 11) is 1.73. The first kappa shape index (κ1) is 34.0. The Morgan fingerprint density at radius 3 is 2.34 bits per heavy atom. The summed E-state index contributed by atoms with van der Waals surface area (Å²) in [5.74, 6) is -3.98. The van der Waals surface area contributed by atoms with Gasteiger partial charge in [0.1, 0.15) is 17.3 Å². The number of imide groups is 2. The molecule has 1 saturated carbocycles. The van der Waals surface area contributed by atoms with Crippen LogP contribution in [0.5, 0.6) is 5.75 Å². The van der Waals surface area contributed by atoms with Crippen molar-refractivity contribution in [1.29, 1.82) is 0 Å². The molecule has 9 rings (SSSR count). The lowest BCUT2D eigenvalue weighted by molar-refractivity contribution is -0.131. The number of aryl methyl sites for hydroxylation is 3. The predicted octanol–water partition coefficient (Wildman–Crippen LogP) is 8.37. The number of amides is 4. The Morgan fingerprint density at radius 2 is 1.60 bits per heavy atom. The van der Waals surface area contributed by atoms with Crippen LogP contribution in [0.15, 0.2) is 78.4 Å². The average molecular weight is 766 g/mol. The fraction of sp³-hybridized carbons (Fsp3) is 0.293. The van der Waals surface area contributed by atoms with Crippen molar-refractivity contribution in [2.75, 3.05) is 9.80 Å². The van der Waals surface area contributed by atoms with Crippen molar-refractivity contribution in [3.05, 3.63) is 105 Å². The van der Waals surface area contributed by atoms with Crippen LogP contribution in [0.2, 0.25) is 10.0 Å². The molecule has 3 fully saturated rings. The molecule has 3 aromatic carbocycles. The van der Waals surface area contributed by atoms with Gasteiger partial charge >= 0.3 is 0 Å². The molecule has 4 aliphatic rings. The number of phenolic OH excluding ortho intramolecular Hbond substituents is 1. The molecule has 2 aliphatic carbocycles. The van der Waals surface area contributed by atoms with Gasteiger partial charge in [0.2, 0.25) is 23.6 Å². The van der Waals surface area contributed by atoms with Crippen LogP contribution >= 0.6 is 34.5 Å². The van der Waals surface area contributed by atoms with Crippen LogP contribution in [0, 0.1) is 42.9 Å². The lowest BCUT2D eigenvalue weighted by atomic mass is 9.51. The van der Waals surface area contributed by atoms with Crippen LogP contribution in [-0.4, -0.2) is 38.5 Å². The SMILES string of the molecule is Cc1cc(C2C3=CCC4C(=O)N(c5ccc(Cl)cc5)C(=O)C4C3CC3C(=O)N(c4cc(-c5sc6ccc(Cl)cc6c5C)nn4C)C(=O)C32C)ccc1O. The Morgan fingerprint density at radius 1 is 0.868 bits per heavy atom. The summed E-state index contributed by atoms with van der Waals surface area (Å²) in [6.07, 6.45) is 2.58. The van der Waals surface area contributed by atoms with Crippen molar-refractivity contribution in [3.63, 3.8) is 0 Å². The van der Waals surface area contributed by atoms with E-state index in [1.165, 1.54) is 9.80 Å². The monoisotopic (exact) mass is 764 g/mol. The molecule has 5 aromatic rings. The summed E-state index contributed by atoms with van der Waals surface area (Å²) in [6, 6.07) is 19.4. The minimum Gasteiger partial charge on any atom is -0.508 e. The van der Waals surface area contributed by atoms with Crippen molar-refractivity contribution in [2.24, 2.45) is 36.1 Å². The van der Waals surface area contributed by atoms with Crippen molar-refractivity contribution in [1.82, 2.24) is 9.78 Å². The minimum absolute atomic E-state index is 0.118. The van der Waals surface area contributed by atoms with E-state index < -0.39 is 35.0 Å². The van der Waals surface area contributed by atoms with Crippen LogP contribution in [0.1, 0.15) is 42.4 Å². The summed E-state index contributed by atoms with van der Waals surface area (Å²) < 4.78 is 2.63. The zero-order chi connectivity index (χ0) is 37.2. The molecule has 2 aromatic heterocycles. The summed E-state index contributed by atoms with van der Waals surface area (Å²) in [5, 5.41) is 17.5. The number of allylic oxidation sites excluding steroid dienone is 2. The molecule has 6 atom stereocenters. The number of hydrogen-bond acceptors (Lipinski definition) is 7. The smallest absolute Gasteiger partial charge is 0.242 e. The third-order valence-electron chi connectivity index (χ3n) is 12.1. The lowest BCUT2D eigenvalue weighted by Gasteiger charge is -2.49. The topological polar surface area (TPSA) is 113 Å². The number of benzene rings is 3. The Hall–Kier alpha value is -4.77. The van der Waals surface area contributed by atoms with E-state index in [0.717, 1.165) is 31.7 Å². The van der Waals surface area contributed by atoms with Crippen molar-refractivity contribution < 1.29 is 24.3 Å². The van der Waals surface area contributed by atoms with E-state index in [2.05, 4.69) is 0 Å². The second-order valence-electron chi connectivity index (χ2n) is 14.9. The van der Waals surface area contributed by atoms with Gasteiger partial charge in [-0.15, -0.1) is 11.3 Å². The van der Waals surface area contributed by atoms with Gasteiger partial charge in [0, 0.05) is 33.8 Å². The molecule has 268 valence electrons. The number of aromatic hydroxyl groups is 1.